The summed E-state index contributed by atoms with van der Waals surface area (Å²) in [6, 6.07) is 5.18. The number of hydrogen-bond acceptors (Lipinski definition) is 5. The van der Waals surface area contributed by atoms with Crippen LogP contribution in [0.3, 0.4) is 0 Å². The second-order valence-corrected chi connectivity index (χ2v) is 5.97. The van der Waals surface area contributed by atoms with Crippen molar-refractivity contribution >= 4 is 34.6 Å². The summed E-state index contributed by atoms with van der Waals surface area (Å²) in [5, 5.41) is 18.4. The van der Waals surface area contributed by atoms with Gasteiger partial charge in [0.05, 0.1) is 16.3 Å². The molecule has 8 nitrogen and oxygen atoms in total. The number of nitrogens with one attached hydrogen (secondary N) is 1. The van der Waals surface area contributed by atoms with Gasteiger partial charge >= 0.3 is 5.69 Å². The number of amides is 1. The lowest BCUT2D eigenvalue weighted by atomic mass is 10.2. The summed E-state index contributed by atoms with van der Waals surface area (Å²) in [7, 11) is 3.70. The third kappa shape index (κ3) is 3.65. The molecule has 0 unspecified atom stereocenters. The molecule has 2 rings (SSSR count). The van der Waals surface area contributed by atoms with Crippen molar-refractivity contribution in [3.63, 3.8) is 0 Å². The fourth-order valence-electron chi connectivity index (χ4n) is 2.43. The zero-order valence-corrected chi connectivity index (χ0v) is 14.6. The van der Waals surface area contributed by atoms with E-state index in [1.807, 2.05) is 19.0 Å². The number of aromatic nitrogens is 2. The fraction of sp³-hybridized carbons (Fsp3) is 0.333. The molecule has 1 amide bonds. The molecule has 9 heteroatoms. The third-order valence-electron chi connectivity index (χ3n) is 3.53. The van der Waals surface area contributed by atoms with Gasteiger partial charge in [-0.05, 0) is 32.0 Å². The Hall–Kier alpha value is -2.61. The van der Waals surface area contributed by atoms with E-state index in [0.717, 1.165) is 5.69 Å². The molecule has 0 bridgehead atoms. The van der Waals surface area contributed by atoms with E-state index in [2.05, 4.69) is 10.4 Å². The van der Waals surface area contributed by atoms with Crippen LogP contribution < -0.4 is 10.2 Å². The number of carbonyl (C=O) groups is 1. The zero-order valence-electron chi connectivity index (χ0n) is 13.8. The van der Waals surface area contributed by atoms with Gasteiger partial charge in [0.15, 0.2) is 0 Å². The lowest BCUT2D eigenvalue weighted by Gasteiger charge is -2.18. The lowest BCUT2D eigenvalue weighted by molar-refractivity contribution is -0.386. The summed E-state index contributed by atoms with van der Waals surface area (Å²) < 4.78 is 1.32. The molecule has 0 fully saturated rings. The second kappa shape index (κ2) is 6.88. The van der Waals surface area contributed by atoms with Gasteiger partial charge in [-0.2, -0.15) is 5.10 Å². The minimum absolute atomic E-state index is 0.0699. The second-order valence-electron chi connectivity index (χ2n) is 5.54. The smallest absolute Gasteiger partial charge is 0.312 e. The summed E-state index contributed by atoms with van der Waals surface area (Å²) in [4.78, 5) is 24.7. The summed E-state index contributed by atoms with van der Waals surface area (Å²) in [5.74, 6) is -0.346. The van der Waals surface area contributed by atoms with Crippen molar-refractivity contribution in [3.8, 4) is 0 Å². The Bertz CT molecular complexity index is 801. The molecular weight excluding hydrogens is 334 g/mol. The van der Waals surface area contributed by atoms with Crippen LogP contribution in [-0.4, -0.2) is 34.7 Å². The predicted molar refractivity (Wildman–Crippen MR) is 92.8 cm³/mol. The minimum atomic E-state index is -0.493. The zero-order chi connectivity index (χ0) is 18.0. The summed E-state index contributed by atoms with van der Waals surface area (Å²) >= 11 is 5.99. The first-order chi connectivity index (χ1) is 11.2. The van der Waals surface area contributed by atoms with E-state index in [-0.39, 0.29) is 23.8 Å². The number of carbonyl (C=O) groups excluding carboxylic acids is 1. The number of hydrogen-bond donors (Lipinski definition) is 1. The number of rotatable bonds is 5. The van der Waals surface area contributed by atoms with Crippen LogP contribution >= 0.6 is 11.6 Å². The van der Waals surface area contributed by atoms with E-state index in [1.165, 1.54) is 4.68 Å². The highest BCUT2D eigenvalue weighted by molar-refractivity contribution is 6.31. The van der Waals surface area contributed by atoms with Crippen LogP contribution in [0.5, 0.6) is 0 Å². The first-order valence-electron chi connectivity index (χ1n) is 7.15. The SMILES string of the molecule is Cc1nn(CC(=O)Nc2cc(Cl)ccc2N(C)C)c(C)c1[N+](=O)[O-]. The van der Waals surface area contributed by atoms with Gasteiger partial charge in [0, 0.05) is 19.1 Å². The Morgan fingerprint density at radius 1 is 1.42 bits per heavy atom. The van der Waals surface area contributed by atoms with Crippen molar-refractivity contribution in [3.05, 3.63) is 44.7 Å². The Morgan fingerprint density at radius 3 is 2.62 bits per heavy atom. The molecule has 128 valence electrons. The van der Waals surface area contributed by atoms with Crippen LogP contribution in [0.4, 0.5) is 17.1 Å². The summed E-state index contributed by atoms with van der Waals surface area (Å²) in [6.07, 6.45) is 0. The number of benzene rings is 1. The largest absolute Gasteiger partial charge is 0.376 e. The topological polar surface area (TPSA) is 93.3 Å². The lowest BCUT2D eigenvalue weighted by Crippen LogP contribution is -2.22. The molecule has 0 saturated carbocycles. The van der Waals surface area contributed by atoms with Crippen LogP contribution in [0.25, 0.3) is 0 Å². The molecular formula is C15H18ClN5O3. The molecule has 1 N–H and O–H groups in total. The Morgan fingerprint density at radius 2 is 2.08 bits per heavy atom. The van der Waals surface area contributed by atoms with E-state index < -0.39 is 4.92 Å². The molecule has 0 aliphatic rings. The van der Waals surface area contributed by atoms with Crippen LogP contribution in [0.2, 0.25) is 5.02 Å². The van der Waals surface area contributed by atoms with Crippen LogP contribution in [0, 0.1) is 24.0 Å². The van der Waals surface area contributed by atoms with Crippen LogP contribution in [-0.2, 0) is 11.3 Å². The maximum Gasteiger partial charge on any atom is 0.312 e. The van der Waals surface area contributed by atoms with Gasteiger partial charge in [-0.1, -0.05) is 11.6 Å². The normalized spacial score (nSPS) is 10.5. The average Bonchev–Trinajstić information content (AvgIpc) is 2.72. The van der Waals surface area contributed by atoms with Gasteiger partial charge in [-0.15, -0.1) is 0 Å². The molecule has 1 heterocycles. The Labute approximate surface area is 144 Å². The van der Waals surface area contributed by atoms with Gasteiger partial charge in [0.1, 0.15) is 17.9 Å². The number of anilines is 2. The molecule has 0 aliphatic heterocycles. The van der Waals surface area contributed by atoms with E-state index >= 15 is 0 Å². The van der Waals surface area contributed by atoms with Crippen LogP contribution in [0.1, 0.15) is 11.4 Å². The van der Waals surface area contributed by atoms with Crippen molar-refractivity contribution in [2.45, 2.75) is 20.4 Å². The van der Waals surface area contributed by atoms with Gasteiger partial charge in [0.25, 0.3) is 0 Å². The maximum absolute atomic E-state index is 12.3. The first kappa shape index (κ1) is 17.7. The van der Waals surface area contributed by atoms with Crippen molar-refractivity contribution < 1.29 is 9.72 Å². The summed E-state index contributed by atoms with van der Waals surface area (Å²) in [6.45, 7) is 2.98. The molecule has 1 aromatic carbocycles. The predicted octanol–water partition coefficient (Wildman–Crippen LogP) is 2.77. The molecule has 0 atom stereocenters. The van der Waals surface area contributed by atoms with Gasteiger partial charge < -0.3 is 10.2 Å². The van der Waals surface area contributed by atoms with Crippen LogP contribution in [0.15, 0.2) is 18.2 Å². The molecule has 0 spiro atoms. The summed E-state index contributed by atoms with van der Waals surface area (Å²) in [5.41, 5.74) is 1.91. The van der Waals surface area contributed by atoms with Crippen molar-refractivity contribution in [1.82, 2.24) is 9.78 Å². The van der Waals surface area contributed by atoms with Gasteiger partial charge in [-0.25, -0.2) is 0 Å². The molecule has 1 aromatic heterocycles. The van der Waals surface area contributed by atoms with E-state index in [4.69, 9.17) is 11.6 Å². The number of halogens is 1. The van der Waals surface area contributed by atoms with Gasteiger partial charge in [-0.3, -0.25) is 19.6 Å². The molecule has 0 aliphatic carbocycles. The van der Waals surface area contributed by atoms with E-state index in [9.17, 15) is 14.9 Å². The quantitative estimate of drug-likeness (QED) is 0.660. The Kier molecular flexibility index (Phi) is 5.08. The standard InChI is InChI=1S/C15H18ClN5O3/c1-9-15(21(23)24)10(2)20(18-9)8-14(22)17-12-7-11(16)5-6-13(12)19(3)4/h5-7H,8H2,1-4H3,(H,17,22). The first-order valence-corrected chi connectivity index (χ1v) is 7.53. The molecule has 24 heavy (non-hydrogen) atoms. The highest BCUT2D eigenvalue weighted by atomic mass is 35.5. The van der Waals surface area contributed by atoms with E-state index in [0.29, 0.717) is 16.4 Å². The van der Waals surface area contributed by atoms with E-state index in [1.54, 1.807) is 32.0 Å². The number of nitro groups is 1. The highest BCUT2D eigenvalue weighted by Crippen LogP contribution is 2.28. The van der Waals surface area contributed by atoms with Gasteiger partial charge in [0.2, 0.25) is 5.91 Å². The Balaban J connectivity index is 2.22. The third-order valence-corrected chi connectivity index (χ3v) is 3.77. The molecule has 2 aromatic rings. The van der Waals surface area contributed by atoms with Crippen molar-refractivity contribution in [2.24, 2.45) is 0 Å². The molecule has 0 saturated heterocycles. The highest BCUT2D eigenvalue weighted by Gasteiger charge is 2.23. The number of nitrogens with zero attached hydrogens (tertiary/aromatic N) is 4. The van der Waals surface area contributed by atoms with Crippen molar-refractivity contribution in [2.75, 3.05) is 24.3 Å². The average molecular weight is 352 g/mol. The maximum atomic E-state index is 12.3. The minimum Gasteiger partial charge on any atom is -0.376 e. The monoisotopic (exact) mass is 351 g/mol. The van der Waals surface area contributed by atoms with Crippen molar-refractivity contribution in [1.29, 1.82) is 0 Å². The molecule has 0 radical (unpaired) electrons. The number of aryl methyl sites for hydroxylation is 1. The fourth-order valence-corrected chi connectivity index (χ4v) is 2.60.